The standard InChI is InChI=1S/C12H15N.C2H6/c1-9(2)10-7-8-13-12-6-4-3-5-11(10)12;1-2/h5-9H,3-4H2,1-2H3;1-2H3. The highest BCUT2D eigenvalue weighted by Gasteiger charge is 2.03. The molecule has 2 rings (SSSR count). The van der Waals surface area contributed by atoms with Gasteiger partial charge in [-0.3, -0.25) is 4.98 Å². The molecule has 82 valence electrons. The van der Waals surface area contributed by atoms with Crippen LogP contribution >= 0.6 is 0 Å². The molecule has 0 radical (unpaired) electrons. The van der Waals surface area contributed by atoms with Crippen molar-refractivity contribution in [2.75, 3.05) is 0 Å². The van der Waals surface area contributed by atoms with E-state index in [0.717, 1.165) is 6.42 Å². The molecule has 1 aromatic rings. The van der Waals surface area contributed by atoms with Crippen molar-refractivity contribution in [1.82, 2.24) is 4.98 Å². The van der Waals surface area contributed by atoms with Crippen molar-refractivity contribution in [2.24, 2.45) is 0 Å². The van der Waals surface area contributed by atoms with Crippen LogP contribution in [-0.2, 0) is 0 Å². The van der Waals surface area contributed by atoms with Gasteiger partial charge < -0.3 is 0 Å². The molecule has 1 heterocycles. The summed E-state index contributed by atoms with van der Waals surface area (Å²) in [7, 11) is 0. The van der Waals surface area contributed by atoms with Crippen LogP contribution in [0.3, 0.4) is 0 Å². The smallest absolute Gasteiger partial charge is 0.0661 e. The minimum atomic E-state index is 0.597. The van der Waals surface area contributed by atoms with E-state index in [1.807, 2.05) is 20.0 Å². The van der Waals surface area contributed by atoms with Crippen LogP contribution in [0.15, 0.2) is 12.3 Å². The van der Waals surface area contributed by atoms with E-state index in [1.165, 1.54) is 22.6 Å². The normalized spacial score (nSPS) is 13.1. The monoisotopic (exact) mass is 203 g/mol. The molecular weight excluding hydrogens is 182 g/mol. The van der Waals surface area contributed by atoms with Crippen LogP contribution in [0.25, 0.3) is 12.2 Å². The van der Waals surface area contributed by atoms with Gasteiger partial charge in [-0.2, -0.15) is 0 Å². The molecule has 1 aliphatic carbocycles. The molecule has 1 nitrogen and oxygen atoms in total. The summed E-state index contributed by atoms with van der Waals surface area (Å²) in [6.45, 7) is 8.47. The molecular formula is C14H21N. The maximum absolute atomic E-state index is 4.38. The zero-order chi connectivity index (χ0) is 11.3. The van der Waals surface area contributed by atoms with Gasteiger partial charge in [0.1, 0.15) is 0 Å². The molecule has 0 bridgehead atoms. The maximum atomic E-state index is 4.38. The molecule has 0 aromatic carbocycles. The molecule has 0 saturated heterocycles. The van der Waals surface area contributed by atoms with E-state index in [4.69, 9.17) is 0 Å². The second kappa shape index (κ2) is 5.69. The fraction of sp³-hybridized carbons (Fsp3) is 0.500. The highest BCUT2D eigenvalue weighted by Crippen LogP contribution is 2.08. The molecule has 15 heavy (non-hydrogen) atoms. The molecule has 0 saturated carbocycles. The fourth-order valence-corrected chi connectivity index (χ4v) is 1.84. The van der Waals surface area contributed by atoms with Crippen molar-refractivity contribution < 1.29 is 0 Å². The Bertz CT molecular complexity index is 415. The Balaban J connectivity index is 0.000000531. The Kier molecular flexibility index (Phi) is 4.54. The second-order valence-electron chi connectivity index (χ2n) is 3.84. The maximum Gasteiger partial charge on any atom is 0.0661 e. The lowest BCUT2D eigenvalue weighted by atomic mass is 9.99. The highest BCUT2D eigenvalue weighted by atomic mass is 14.6. The Morgan fingerprint density at radius 2 is 1.80 bits per heavy atom. The summed E-state index contributed by atoms with van der Waals surface area (Å²) in [5, 5.41) is 2.54. The van der Waals surface area contributed by atoms with Gasteiger partial charge in [0.15, 0.2) is 0 Å². The van der Waals surface area contributed by atoms with Gasteiger partial charge in [0.25, 0.3) is 0 Å². The van der Waals surface area contributed by atoms with Gasteiger partial charge >= 0.3 is 0 Å². The average Bonchev–Trinajstić information content (AvgIpc) is 2.31. The molecule has 1 aliphatic rings. The van der Waals surface area contributed by atoms with E-state index in [1.54, 1.807) is 0 Å². The lowest BCUT2D eigenvalue weighted by molar-refractivity contribution is 0.845. The zero-order valence-corrected chi connectivity index (χ0v) is 10.2. The summed E-state index contributed by atoms with van der Waals surface area (Å²) in [5.74, 6) is 0.597. The van der Waals surface area contributed by atoms with Gasteiger partial charge in [0.05, 0.1) is 5.35 Å². The Labute approximate surface area is 92.6 Å². The lowest BCUT2D eigenvalue weighted by Gasteiger charge is -2.08. The van der Waals surface area contributed by atoms with Crippen LogP contribution in [0.1, 0.15) is 52.0 Å². The number of nitrogens with zero attached hydrogens (tertiary/aromatic N) is 1. The number of fused-ring (bicyclic) bond motifs is 1. The third-order valence-electron chi connectivity index (χ3n) is 2.53. The summed E-state index contributed by atoms with van der Waals surface area (Å²) >= 11 is 0. The predicted octanol–water partition coefficient (Wildman–Crippen LogP) is 2.59. The van der Waals surface area contributed by atoms with Gasteiger partial charge in [0, 0.05) is 6.20 Å². The topological polar surface area (TPSA) is 12.9 Å². The van der Waals surface area contributed by atoms with E-state index in [2.05, 4.69) is 37.0 Å². The van der Waals surface area contributed by atoms with Crippen LogP contribution in [-0.4, -0.2) is 4.98 Å². The minimum absolute atomic E-state index is 0.597. The minimum Gasteiger partial charge on any atom is -0.257 e. The third kappa shape index (κ3) is 2.68. The van der Waals surface area contributed by atoms with E-state index >= 15 is 0 Å². The first-order valence-corrected chi connectivity index (χ1v) is 5.94. The second-order valence-corrected chi connectivity index (χ2v) is 3.84. The van der Waals surface area contributed by atoms with Gasteiger partial charge in [-0.25, -0.2) is 0 Å². The molecule has 0 aliphatic heterocycles. The van der Waals surface area contributed by atoms with Crippen molar-refractivity contribution in [3.8, 4) is 0 Å². The summed E-state index contributed by atoms with van der Waals surface area (Å²) in [4.78, 5) is 4.38. The van der Waals surface area contributed by atoms with Gasteiger partial charge in [-0.15, -0.1) is 0 Å². The first kappa shape index (κ1) is 12.0. The highest BCUT2D eigenvalue weighted by molar-refractivity contribution is 5.39. The van der Waals surface area contributed by atoms with Crippen LogP contribution < -0.4 is 10.6 Å². The zero-order valence-electron chi connectivity index (χ0n) is 10.2. The van der Waals surface area contributed by atoms with Crippen LogP contribution in [0.2, 0.25) is 0 Å². The van der Waals surface area contributed by atoms with Crippen molar-refractivity contribution in [3.63, 3.8) is 0 Å². The molecule has 0 N–H and O–H groups in total. The van der Waals surface area contributed by atoms with Gasteiger partial charge in [-0.05, 0) is 35.6 Å². The fourth-order valence-electron chi connectivity index (χ4n) is 1.84. The van der Waals surface area contributed by atoms with Gasteiger partial charge in [0.2, 0.25) is 0 Å². The predicted molar refractivity (Wildman–Crippen MR) is 67.1 cm³/mol. The van der Waals surface area contributed by atoms with E-state index in [-0.39, 0.29) is 0 Å². The Hall–Kier alpha value is -1.11. The molecule has 0 fully saturated rings. The molecule has 0 unspecified atom stereocenters. The number of hydrogen-bond donors (Lipinski definition) is 0. The SMILES string of the molecule is CC.CC(C)c1ccnc2c1=CCCC=2. The Morgan fingerprint density at radius 1 is 1.13 bits per heavy atom. The van der Waals surface area contributed by atoms with E-state index in [9.17, 15) is 0 Å². The quantitative estimate of drug-likeness (QED) is 0.683. The molecule has 0 atom stereocenters. The van der Waals surface area contributed by atoms with E-state index < -0.39 is 0 Å². The number of hydrogen-bond acceptors (Lipinski definition) is 1. The first-order valence-electron chi connectivity index (χ1n) is 5.94. The average molecular weight is 203 g/mol. The number of pyridine rings is 1. The molecule has 1 heteroatoms. The molecule has 1 aromatic heterocycles. The third-order valence-corrected chi connectivity index (χ3v) is 2.53. The first-order chi connectivity index (χ1) is 7.29. The summed E-state index contributed by atoms with van der Waals surface area (Å²) in [6.07, 6.45) is 8.78. The largest absolute Gasteiger partial charge is 0.257 e. The lowest BCUT2D eigenvalue weighted by Crippen LogP contribution is -2.33. The van der Waals surface area contributed by atoms with Crippen molar-refractivity contribution >= 4 is 12.2 Å². The Morgan fingerprint density at radius 3 is 2.47 bits per heavy atom. The summed E-state index contributed by atoms with van der Waals surface area (Å²) < 4.78 is 0. The summed E-state index contributed by atoms with van der Waals surface area (Å²) in [6, 6.07) is 2.14. The van der Waals surface area contributed by atoms with Gasteiger partial charge in [-0.1, -0.05) is 39.8 Å². The number of aromatic nitrogens is 1. The van der Waals surface area contributed by atoms with Crippen LogP contribution in [0.4, 0.5) is 0 Å². The van der Waals surface area contributed by atoms with Crippen LogP contribution in [0, 0.1) is 0 Å². The summed E-state index contributed by atoms with van der Waals surface area (Å²) in [5.41, 5.74) is 1.43. The van der Waals surface area contributed by atoms with Crippen molar-refractivity contribution in [3.05, 3.63) is 28.4 Å². The van der Waals surface area contributed by atoms with Crippen LogP contribution in [0.5, 0.6) is 0 Å². The van der Waals surface area contributed by atoms with Crippen molar-refractivity contribution in [2.45, 2.75) is 46.5 Å². The molecule has 0 amide bonds. The van der Waals surface area contributed by atoms with Crippen molar-refractivity contribution in [1.29, 1.82) is 0 Å². The van der Waals surface area contributed by atoms with E-state index in [0.29, 0.717) is 5.92 Å². The molecule has 0 spiro atoms. The number of rotatable bonds is 1.